The molecule has 3 nitrogen and oxygen atoms in total. The van der Waals surface area contributed by atoms with E-state index in [0.717, 1.165) is 49.2 Å². The fourth-order valence-electron chi connectivity index (χ4n) is 5.79. The van der Waals surface area contributed by atoms with Crippen LogP contribution in [-0.2, 0) is 12.8 Å². The molecule has 1 atom stereocenters. The van der Waals surface area contributed by atoms with Gasteiger partial charge in [-0.2, -0.15) is 0 Å². The van der Waals surface area contributed by atoms with Crippen molar-refractivity contribution in [2.75, 3.05) is 18.6 Å². The van der Waals surface area contributed by atoms with Gasteiger partial charge in [-0.15, -0.1) is 0 Å². The summed E-state index contributed by atoms with van der Waals surface area (Å²) in [6.45, 7) is 7.70. The average molecular weight is 451 g/mol. The highest BCUT2D eigenvalue weighted by Gasteiger charge is 2.30. The number of hydrogen-bond acceptors (Lipinski definition) is 3. The predicted octanol–water partition coefficient (Wildman–Crippen LogP) is 7.69. The molecule has 3 aromatic carbocycles. The SMILES string of the molecule is CCc1cccc(OC)c1-c1cc(C)c2c(n1)CCCC2N(CC)c1cccc2ccccc12. The van der Waals surface area contributed by atoms with Gasteiger partial charge >= 0.3 is 0 Å². The highest BCUT2D eigenvalue weighted by atomic mass is 16.5. The number of methoxy groups -OCH3 is 1. The molecule has 5 rings (SSSR count). The molecule has 0 aliphatic heterocycles. The molecule has 1 unspecified atom stereocenters. The van der Waals surface area contributed by atoms with E-state index in [-0.39, 0.29) is 0 Å². The Labute approximate surface area is 203 Å². The number of rotatable bonds is 6. The van der Waals surface area contributed by atoms with Crippen molar-refractivity contribution in [1.29, 1.82) is 0 Å². The summed E-state index contributed by atoms with van der Waals surface area (Å²) in [5.74, 6) is 0.907. The number of aromatic nitrogens is 1. The van der Waals surface area contributed by atoms with Gasteiger partial charge in [-0.1, -0.05) is 55.5 Å². The summed E-state index contributed by atoms with van der Waals surface area (Å²) < 4.78 is 5.75. The molecule has 34 heavy (non-hydrogen) atoms. The third-order valence-electron chi connectivity index (χ3n) is 7.33. The molecule has 0 bridgehead atoms. The van der Waals surface area contributed by atoms with Crippen molar-refractivity contribution >= 4 is 16.5 Å². The molecule has 0 saturated carbocycles. The number of ether oxygens (including phenoxy) is 1. The zero-order valence-corrected chi connectivity index (χ0v) is 20.8. The summed E-state index contributed by atoms with van der Waals surface area (Å²) in [6, 6.07) is 24.3. The summed E-state index contributed by atoms with van der Waals surface area (Å²) in [6.07, 6.45) is 4.30. The Kier molecular flexibility index (Phi) is 6.28. The molecule has 0 fully saturated rings. The van der Waals surface area contributed by atoms with Crippen LogP contribution in [-0.4, -0.2) is 18.6 Å². The summed E-state index contributed by atoms with van der Waals surface area (Å²) in [5, 5.41) is 2.62. The molecule has 0 N–H and O–H groups in total. The molecule has 4 aromatic rings. The summed E-state index contributed by atoms with van der Waals surface area (Å²) in [5.41, 5.74) is 8.78. The second-order valence-corrected chi connectivity index (χ2v) is 9.23. The number of anilines is 1. The van der Waals surface area contributed by atoms with Crippen molar-refractivity contribution in [2.24, 2.45) is 0 Å². The van der Waals surface area contributed by atoms with Crippen LogP contribution in [0.15, 0.2) is 66.7 Å². The molecule has 174 valence electrons. The van der Waals surface area contributed by atoms with Crippen LogP contribution in [0.5, 0.6) is 5.75 Å². The van der Waals surface area contributed by atoms with Crippen molar-refractivity contribution < 1.29 is 4.74 Å². The van der Waals surface area contributed by atoms with Gasteiger partial charge in [0.2, 0.25) is 0 Å². The summed E-state index contributed by atoms with van der Waals surface area (Å²) in [7, 11) is 1.75. The van der Waals surface area contributed by atoms with Crippen LogP contribution in [0.4, 0.5) is 5.69 Å². The molecule has 0 amide bonds. The second kappa shape index (κ2) is 9.50. The molecule has 0 saturated heterocycles. The third kappa shape index (κ3) is 3.83. The van der Waals surface area contributed by atoms with E-state index in [1.54, 1.807) is 7.11 Å². The van der Waals surface area contributed by atoms with Crippen molar-refractivity contribution in [1.82, 2.24) is 4.98 Å². The minimum absolute atomic E-state index is 0.337. The maximum atomic E-state index is 5.75. The first kappa shape index (κ1) is 22.5. The first-order valence-electron chi connectivity index (χ1n) is 12.6. The number of hydrogen-bond donors (Lipinski definition) is 0. The Balaban J connectivity index is 1.63. The van der Waals surface area contributed by atoms with Crippen molar-refractivity contribution in [3.8, 4) is 17.0 Å². The van der Waals surface area contributed by atoms with E-state index in [1.807, 2.05) is 6.07 Å². The minimum Gasteiger partial charge on any atom is -0.496 e. The van der Waals surface area contributed by atoms with Crippen LogP contribution < -0.4 is 9.64 Å². The highest BCUT2D eigenvalue weighted by molar-refractivity contribution is 5.94. The first-order chi connectivity index (χ1) is 16.7. The lowest BCUT2D eigenvalue weighted by molar-refractivity contribution is 0.416. The fourth-order valence-corrected chi connectivity index (χ4v) is 5.79. The van der Waals surface area contributed by atoms with Gasteiger partial charge < -0.3 is 9.64 Å². The van der Waals surface area contributed by atoms with Crippen LogP contribution >= 0.6 is 0 Å². The normalized spacial score (nSPS) is 15.2. The van der Waals surface area contributed by atoms with E-state index in [2.05, 4.69) is 86.3 Å². The number of fused-ring (bicyclic) bond motifs is 2. The van der Waals surface area contributed by atoms with Crippen LogP contribution in [0.1, 0.15) is 55.1 Å². The lowest BCUT2D eigenvalue weighted by atomic mass is 9.85. The van der Waals surface area contributed by atoms with Crippen LogP contribution in [0.25, 0.3) is 22.0 Å². The van der Waals surface area contributed by atoms with Crippen LogP contribution in [0, 0.1) is 6.92 Å². The molecular formula is C31H34N2O. The summed E-state index contributed by atoms with van der Waals surface area (Å²) >= 11 is 0. The maximum absolute atomic E-state index is 5.75. The molecule has 1 aromatic heterocycles. The minimum atomic E-state index is 0.337. The molecule has 1 heterocycles. The standard InChI is InChI=1S/C31H34N2O/c1-5-22-13-10-19-29(34-4)31(22)26-20-21(3)30-25(32-26)16-11-18-28(30)33(6-2)27-17-9-14-23-12-7-8-15-24(23)27/h7-10,12-15,17,19-20,28H,5-6,11,16,18H2,1-4H3. The van der Waals surface area contributed by atoms with Gasteiger partial charge in [0.05, 0.1) is 18.8 Å². The molecule has 3 heteroatoms. The van der Waals surface area contributed by atoms with E-state index >= 15 is 0 Å². The largest absolute Gasteiger partial charge is 0.496 e. The molecule has 0 radical (unpaired) electrons. The number of pyridine rings is 1. The summed E-state index contributed by atoms with van der Waals surface area (Å²) in [4.78, 5) is 7.87. The van der Waals surface area contributed by atoms with Gasteiger partial charge in [-0.25, -0.2) is 0 Å². The number of nitrogens with zero attached hydrogens (tertiary/aromatic N) is 2. The Morgan fingerprint density at radius 3 is 2.59 bits per heavy atom. The Morgan fingerprint density at radius 2 is 1.79 bits per heavy atom. The van der Waals surface area contributed by atoms with E-state index in [1.165, 1.54) is 38.8 Å². The topological polar surface area (TPSA) is 25.4 Å². The highest BCUT2D eigenvalue weighted by Crippen LogP contribution is 2.42. The smallest absolute Gasteiger partial charge is 0.128 e. The van der Waals surface area contributed by atoms with E-state index in [9.17, 15) is 0 Å². The van der Waals surface area contributed by atoms with Gasteiger partial charge in [-0.3, -0.25) is 4.98 Å². The van der Waals surface area contributed by atoms with Gasteiger partial charge in [0.1, 0.15) is 5.75 Å². The molecule has 0 spiro atoms. The van der Waals surface area contributed by atoms with E-state index < -0.39 is 0 Å². The quantitative estimate of drug-likeness (QED) is 0.301. The Bertz CT molecular complexity index is 1300. The van der Waals surface area contributed by atoms with E-state index in [4.69, 9.17) is 9.72 Å². The van der Waals surface area contributed by atoms with E-state index in [0.29, 0.717) is 6.04 Å². The Morgan fingerprint density at radius 1 is 1.00 bits per heavy atom. The lowest BCUT2D eigenvalue weighted by Crippen LogP contribution is -2.32. The first-order valence-corrected chi connectivity index (χ1v) is 12.6. The van der Waals surface area contributed by atoms with Crippen LogP contribution in [0.3, 0.4) is 0 Å². The molecule has 1 aliphatic rings. The van der Waals surface area contributed by atoms with Gasteiger partial charge in [-0.05, 0) is 79.8 Å². The fraction of sp³-hybridized carbons (Fsp3) is 0.323. The van der Waals surface area contributed by atoms with Crippen LogP contribution in [0.2, 0.25) is 0 Å². The zero-order chi connectivity index (χ0) is 23.7. The second-order valence-electron chi connectivity index (χ2n) is 9.23. The molecular weight excluding hydrogens is 416 g/mol. The van der Waals surface area contributed by atoms with Crippen molar-refractivity contribution in [3.05, 3.63) is 89.1 Å². The third-order valence-corrected chi connectivity index (χ3v) is 7.33. The lowest BCUT2D eigenvalue weighted by Gasteiger charge is -2.38. The van der Waals surface area contributed by atoms with Gasteiger partial charge in [0.25, 0.3) is 0 Å². The van der Waals surface area contributed by atoms with Crippen molar-refractivity contribution in [2.45, 2.75) is 52.5 Å². The predicted molar refractivity (Wildman–Crippen MR) is 143 cm³/mol. The maximum Gasteiger partial charge on any atom is 0.128 e. The monoisotopic (exact) mass is 450 g/mol. The van der Waals surface area contributed by atoms with Gasteiger partial charge in [0.15, 0.2) is 0 Å². The zero-order valence-electron chi connectivity index (χ0n) is 20.8. The molecule has 1 aliphatic carbocycles. The Hall–Kier alpha value is -3.33. The number of benzene rings is 3. The van der Waals surface area contributed by atoms with Crippen molar-refractivity contribution in [3.63, 3.8) is 0 Å². The number of aryl methyl sites for hydroxylation is 3. The van der Waals surface area contributed by atoms with Gasteiger partial charge in [0, 0.05) is 28.9 Å². The average Bonchev–Trinajstić information content (AvgIpc) is 2.88.